The molecule has 0 aliphatic rings. The molecule has 0 aliphatic carbocycles. The number of rotatable bonds is 10. The molecular weight excluding hydrogens is 512 g/mol. The normalized spacial score (nSPS) is 12.4. The molecular formula is C29H30ClF2N3O3. The fourth-order valence-corrected chi connectivity index (χ4v) is 4.22. The lowest BCUT2D eigenvalue weighted by Gasteiger charge is -2.28. The minimum absolute atomic E-state index is 0. The van der Waals surface area contributed by atoms with E-state index in [1.807, 2.05) is 31.2 Å². The number of benzene rings is 3. The number of carbonyl (C=O) groups excluding carboxylic acids is 1. The van der Waals surface area contributed by atoms with Crippen molar-refractivity contribution in [2.45, 2.75) is 38.5 Å². The third kappa shape index (κ3) is 7.47. The number of amides is 1. The van der Waals surface area contributed by atoms with Crippen LogP contribution in [0, 0.1) is 11.6 Å². The van der Waals surface area contributed by atoms with Gasteiger partial charge in [0.05, 0.1) is 12.3 Å². The third-order valence-corrected chi connectivity index (χ3v) is 6.14. The van der Waals surface area contributed by atoms with E-state index < -0.39 is 23.8 Å². The Bertz CT molecular complexity index is 1330. The van der Waals surface area contributed by atoms with Gasteiger partial charge in [-0.15, -0.1) is 12.4 Å². The lowest BCUT2D eigenvalue weighted by atomic mass is 10.0. The highest BCUT2D eigenvalue weighted by molar-refractivity contribution is 5.95. The van der Waals surface area contributed by atoms with Crippen LogP contribution in [0.1, 0.15) is 34.0 Å². The molecule has 3 N–H and O–H groups in total. The summed E-state index contributed by atoms with van der Waals surface area (Å²) in [4.78, 5) is 19.3. The van der Waals surface area contributed by atoms with E-state index in [1.54, 1.807) is 24.3 Å². The number of aliphatic hydroxyl groups excluding tert-OH is 1. The van der Waals surface area contributed by atoms with Crippen LogP contribution in [0.5, 0.6) is 0 Å². The summed E-state index contributed by atoms with van der Waals surface area (Å²) in [6, 6.07) is 17.1. The van der Waals surface area contributed by atoms with Crippen LogP contribution < -0.4 is 5.73 Å². The van der Waals surface area contributed by atoms with Gasteiger partial charge in [-0.2, -0.15) is 0 Å². The molecule has 0 saturated heterocycles. The lowest BCUT2D eigenvalue weighted by molar-refractivity contribution is 0.0554. The van der Waals surface area contributed by atoms with Crippen molar-refractivity contribution in [3.8, 4) is 11.5 Å². The van der Waals surface area contributed by atoms with Crippen LogP contribution in [0.3, 0.4) is 0 Å². The van der Waals surface area contributed by atoms with Gasteiger partial charge >= 0.3 is 0 Å². The molecule has 0 unspecified atom stereocenters. The van der Waals surface area contributed by atoms with E-state index in [2.05, 4.69) is 4.98 Å². The van der Waals surface area contributed by atoms with Crippen LogP contribution in [0.4, 0.5) is 8.78 Å². The monoisotopic (exact) mass is 541 g/mol. The van der Waals surface area contributed by atoms with Gasteiger partial charge in [0.2, 0.25) is 5.89 Å². The quantitative estimate of drug-likeness (QED) is 0.289. The SMILES string of the molecule is CCc1cccc(CN(C[C@@H](O)[C@@H](N)Cc2cc(F)cc(F)c2)C(=O)c2cccc(-c3ncco3)c2)c1.Cl. The Morgan fingerprint density at radius 3 is 2.42 bits per heavy atom. The summed E-state index contributed by atoms with van der Waals surface area (Å²) in [5.41, 5.74) is 9.62. The van der Waals surface area contributed by atoms with Crippen LogP contribution >= 0.6 is 12.4 Å². The Hall–Kier alpha value is -3.59. The van der Waals surface area contributed by atoms with Crippen molar-refractivity contribution in [1.29, 1.82) is 0 Å². The highest BCUT2D eigenvalue weighted by atomic mass is 35.5. The number of carbonyl (C=O) groups is 1. The van der Waals surface area contributed by atoms with Crippen molar-refractivity contribution < 1.29 is 23.1 Å². The fraction of sp³-hybridized carbons (Fsp3) is 0.241. The van der Waals surface area contributed by atoms with E-state index >= 15 is 0 Å². The minimum atomic E-state index is -1.14. The standard InChI is InChI=1S/C29H29F2N3O3.ClH/c1-2-19-5-3-6-20(11-19)17-34(18-27(35)26(32)14-21-12-24(30)16-25(31)13-21)29(36)23-8-4-7-22(15-23)28-33-9-10-37-28;/h3-13,15-16,26-27,35H,2,14,17-18,32H2,1H3;1H/t26-,27+;/m0./s1. The number of aryl methyl sites for hydroxylation is 1. The highest BCUT2D eigenvalue weighted by Gasteiger charge is 2.24. The van der Waals surface area contributed by atoms with Gasteiger partial charge in [-0.05, 0) is 59.9 Å². The molecule has 38 heavy (non-hydrogen) atoms. The topological polar surface area (TPSA) is 92.6 Å². The van der Waals surface area contributed by atoms with Gasteiger partial charge < -0.3 is 20.2 Å². The number of aromatic nitrogens is 1. The van der Waals surface area contributed by atoms with Crippen molar-refractivity contribution in [1.82, 2.24) is 9.88 Å². The van der Waals surface area contributed by atoms with Gasteiger partial charge in [0.1, 0.15) is 17.9 Å². The molecule has 0 aliphatic heterocycles. The zero-order valence-electron chi connectivity index (χ0n) is 20.9. The maximum atomic E-state index is 13.7. The van der Waals surface area contributed by atoms with E-state index in [4.69, 9.17) is 10.2 Å². The maximum absolute atomic E-state index is 13.7. The van der Waals surface area contributed by atoms with Gasteiger partial charge in [-0.3, -0.25) is 4.79 Å². The molecule has 0 saturated carbocycles. The lowest BCUT2D eigenvalue weighted by Crippen LogP contribution is -2.46. The smallest absolute Gasteiger partial charge is 0.254 e. The molecule has 0 fully saturated rings. The number of nitrogens with zero attached hydrogens (tertiary/aromatic N) is 2. The van der Waals surface area contributed by atoms with Crippen LogP contribution in [-0.2, 0) is 19.4 Å². The molecule has 0 spiro atoms. The second kappa shape index (κ2) is 13.3. The Morgan fingerprint density at radius 2 is 1.74 bits per heavy atom. The predicted octanol–water partition coefficient (Wildman–Crippen LogP) is 5.18. The third-order valence-electron chi connectivity index (χ3n) is 6.14. The molecule has 6 nitrogen and oxygen atoms in total. The van der Waals surface area contributed by atoms with Crippen molar-refractivity contribution in [3.63, 3.8) is 0 Å². The Morgan fingerprint density at radius 1 is 1.03 bits per heavy atom. The maximum Gasteiger partial charge on any atom is 0.254 e. The molecule has 0 radical (unpaired) electrons. The molecule has 0 bridgehead atoms. The summed E-state index contributed by atoms with van der Waals surface area (Å²) in [6.07, 6.45) is 2.73. The van der Waals surface area contributed by atoms with Crippen molar-refractivity contribution >= 4 is 18.3 Å². The Kier molecular flexibility index (Phi) is 10.1. The summed E-state index contributed by atoms with van der Waals surface area (Å²) in [5, 5.41) is 10.9. The van der Waals surface area contributed by atoms with Crippen LogP contribution in [0.25, 0.3) is 11.5 Å². The predicted molar refractivity (Wildman–Crippen MR) is 144 cm³/mol. The molecule has 3 aromatic carbocycles. The molecule has 1 amide bonds. The number of hydrogen-bond acceptors (Lipinski definition) is 5. The summed E-state index contributed by atoms with van der Waals surface area (Å²) < 4.78 is 32.6. The van der Waals surface area contributed by atoms with E-state index in [0.717, 1.165) is 23.6 Å². The summed E-state index contributed by atoms with van der Waals surface area (Å²) in [7, 11) is 0. The van der Waals surface area contributed by atoms with E-state index in [9.17, 15) is 18.7 Å². The van der Waals surface area contributed by atoms with Crippen molar-refractivity contribution in [2.75, 3.05) is 6.54 Å². The first-order valence-corrected chi connectivity index (χ1v) is 12.1. The number of oxazole rings is 1. The van der Waals surface area contributed by atoms with E-state index in [0.29, 0.717) is 22.6 Å². The second-order valence-electron chi connectivity index (χ2n) is 8.99. The summed E-state index contributed by atoms with van der Waals surface area (Å²) >= 11 is 0. The zero-order valence-corrected chi connectivity index (χ0v) is 21.7. The molecule has 200 valence electrons. The molecule has 2 atom stereocenters. The van der Waals surface area contributed by atoms with Gasteiger partial charge in [0, 0.05) is 36.3 Å². The van der Waals surface area contributed by atoms with Gasteiger partial charge in [-0.25, -0.2) is 13.8 Å². The first-order valence-electron chi connectivity index (χ1n) is 12.1. The first-order chi connectivity index (χ1) is 17.8. The Labute approximate surface area is 226 Å². The molecule has 4 rings (SSSR count). The van der Waals surface area contributed by atoms with E-state index in [-0.39, 0.29) is 37.8 Å². The fourth-order valence-electron chi connectivity index (χ4n) is 4.22. The average Bonchev–Trinajstić information content (AvgIpc) is 3.42. The van der Waals surface area contributed by atoms with Crippen LogP contribution in [-0.4, -0.2) is 39.6 Å². The minimum Gasteiger partial charge on any atom is -0.445 e. The van der Waals surface area contributed by atoms with Gasteiger partial charge in [0.25, 0.3) is 5.91 Å². The average molecular weight is 542 g/mol. The molecule has 4 aromatic rings. The Balaban J connectivity index is 0.00000400. The van der Waals surface area contributed by atoms with Gasteiger partial charge in [-0.1, -0.05) is 37.3 Å². The number of hydrogen-bond donors (Lipinski definition) is 2. The number of aliphatic hydroxyl groups is 1. The van der Waals surface area contributed by atoms with Crippen molar-refractivity contribution in [2.24, 2.45) is 5.73 Å². The van der Waals surface area contributed by atoms with Crippen molar-refractivity contribution in [3.05, 3.63) is 113 Å². The summed E-state index contributed by atoms with van der Waals surface area (Å²) in [5.74, 6) is -1.34. The largest absolute Gasteiger partial charge is 0.445 e. The van der Waals surface area contributed by atoms with E-state index in [1.165, 1.54) is 29.5 Å². The highest BCUT2D eigenvalue weighted by Crippen LogP contribution is 2.21. The second-order valence-corrected chi connectivity index (χ2v) is 8.99. The zero-order chi connectivity index (χ0) is 26.4. The van der Waals surface area contributed by atoms with Crippen LogP contribution in [0.15, 0.2) is 83.6 Å². The molecule has 1 aromatic heterocycles. The summed E-state index contributed by atoms with van der Waals surface area (Å²) in [6.45, 7) is 2.22. The first kappa shape index (κ1) is 29.0. The van der Waals surface area contributed by atoms with Gasteiger partial charge in [0.15, 0.2) is 0 Å². The number of nitrogens with two attached hydrogens (primary N) is 1. The number of halogens is 3. The molecule has 1 heterocycles. The van der Waals surface area contributed by atoms with Crippen LogP contribution in [0.2, 0.25) is 0 Å². The molecule has 9 heteroatoms.